The number of benzene rings is 1. The second-order valence-electron chi connectivity index (χ2n) is 15.1. The summed E-state index contributed by atoms with van der Waals surface area (Å²) < 4.78 is 0. The highest BCUT2D eigenvalue weighted by Crippen LogP contribution is 2.50. The fraction of sp³-hybridized carbons (Fsp3) is 0.718. The molecule has 0 spiro atoms. The van der Waals surface area contributed by atoms with Gasteiger partial charge in [0, 0.05) is 13.0 Å². The Labute approximate surface area is 292 Å². The van der Waals surface area contributed by atoms with E-state index < -0.39 is 52.3 Å². The van der Waals surface area contributed by atoms with Crippen LogP contribution in [0, 0.1) is 17.3 Å². The fourth-order valence-corrected chi connectivity index (χ4v) is 9.09. The summed E-state index contributed by atoms with van der Waals surface area (Å²) in [6.07, 6.45) is 13.0. The number of amides is 1. The molecule has 2 aliphatic carbocycles. The maximum atomic E-state index is 15.5. The lowest BCUT2D eigenvalue weighted by Crippen LogP contribution is -2.75. The number of hydrogen-bond donors (Lipinski definition) is 4. The molecule has 49 heavy (non-hydrogen) atoms. The molecular formula is C39H60N5O5. The van der Waals surface area contributed by atoms with E-state index in [0.29, 0.717) is 45.1 Å². The Balaban J connectivity index is 1.83. The molecule has 1 saturated heterocycles. The lowest BCUT2D eigenvalue weighted by Gasteiger charge is -2.50. The molecule has 0 aromatic heterocycles. The zero-order valence-electron chi connectivity index (χ0n) is 29.6. The van der Waals surface area contributed by atoms with E-state index in [1.807, 2.05) is 43.5 Å². The van der Waals surface area contributed by atoms with Gasteiger partial charge in [0.25, 0.3) is 0 Å². The van der Waals surface area contributed by atoms with Crippen LogP contribution >= 0.6 is 0 Å². The third-order valence-electron chi connectivity index (χ3n) is 11.9. The van der Waals surface area contributed by atoms with Crippen LogP contribution in [0.3, 0.4) is 0 Å². The molecule has 1 aliphatic heterocycles. The average molecular weight is 679 g/mol. The molecule has 2 saturated carbocycles. The Hall–Kier alpha value is -2.79. The maximum Gasteiger partial charge on any atom is 0.240 e. The number of rotatable bonds is 18. The smallest absolute Gasteiger partial charge is 0.240 e. The van der Waals surface area contributed by atoms with Crippen molar-refractivity contribution in [1.29, 1.82) is 0 Å². The lowest BCUT2D eigenvalue weighted by atomic mass is 9.51. The molecule has 10 heteroatoms. The lowest BCUT2D eigenvalue weighted by molar-refractivity contribution is -0.159. The van der Waals surface area contributed by atoms with Gasteiger partial charge in [-0.05, 0) is 74.8 Å². The topological polar surface area (TPSA) is 193 Å². The third kappa shape index (κ3) is 8.41. The quantitative estimate of drug-likeness (QED) is 0.131. The second-order valence-corrected chi connectivity index (χ2v) is 15.1. The van der Waals surface area contributed by atoms with Gasteiger partial charge < -0.3 is 27.8 Å². The van der Waals surface area contributed by atoms with E-state index in [1.54, 1.807) is 0 Å². The van der Waals surface area contributed by atoms with E-state index in [1.165, 1.54) is 4.90 Å². The van der Waals surface area contributed by atoms with Crippen LogP contribution in [0.2, 0.25) is 0 Å². The Kier molecular flexibility index (Phi) is 14.3. The summed E-state index contributed by atoms with van der Waals surface area (Å²) in [6, 6.07) is 6.45. The largest absolute Gasteiger partial charge is 0.331 e. The van der Waals surface area contributed by atoms with Crippen molar-refractivity contribution < 1.29 is 24.0 Å². The fourth-order valence-electron chi connectivity index (χ4n) is 9.09. The first-order chi connectivity index (χ1) is 23.5. The molecule has 0 bridgehead atoms. The molecule has 1 heterocycles. The minimum absolute atomic E-state index is 0.114. The summed E-state index contributed by atoms with van der Waals surface area (Å²) >= 11 is 0. The van der Waals surface area contributed by atoms with Crippen molar-refractivity contribution in [2.45, 2.75) is 146 Å². The van der Waals surface area contributed by atoms with Crippen molar-refractivity contribution in [2.24, 2.45) is 40.2 Å². The minimum Gasteiger partial charge on any atom is -0.331 e. The van der Waals surface area contributed by atoms with Crippen molar-refractivity contribution in [3.05, 3.63) is 35.9 Å². The maximum absolute atomic E-state index is 15.5. The van der Waals surface area contributed by atoms with E-state index >= 15 is 9.59 Å². The first-order valence-electron chi connectivity index (χ1n) is 18.9. The highest BCUT2D eigenvalue weighted by Gasteiger charge is 2.69. The predicted octanol–water partition coefficient (Wildman–Crippen LogP) is 4.01. The molecule has 3 fully saturated rings. The van der Waals surface area contributed by atoms with Gasteiger partial charge in [0.15, 0.2) is 17.1 Å². The number of likely N-dealkylation sites (tertiary alicyclic amines) is 1. The summed E-state index contributed by atoms with van der Waals surface area (Å²) in [5.41, 5.74) is 21.8. The number of carbonyl (C=O) groups is 4. The first-order valence-corrected chi connectivity index (χ1v) is 18.9. The zero-order chi connectivity index (χ0) is 35.6. The van der Waals surface area contributed by atoms with E-state index in [0.717, 1.165) is 63.4 Å². The van der Waals surface area contributed by atoms with Gasteiger partial charge in [-0.3, -0.25) is 24.0 Å². The van der Waals surface area contributed by atoms with Crippen LogP contribution in [-0.4, -0.2) is 71.2 Å². The van der Waals surface area contributed by atoms with Crippen LogP contribution in [0.5, 0.6) is 0 Å². The second kappa shape index (κ2) is 17.9. The molecule has 1 aromatic rings. The molecule has 3 aliphatic rings. The van der Waals surface area contributed by atoms with Gasteiger partial charge in [-0.1, -0.05) is 95.0 Å². The molecule has 8 N–H and O–H groups in total. The number of Topliss-reactive ketones (excluding diaryl/α,β-unsaturated/α-hetero) is 3. The number of carbonyl (C=O) groups excluding carboxylic acids is 5. The number of nitrogens with zero attached hydrogens (tertiary/aromatic N) is 1. The highest BCUT2D eigenvalue weighted by atomic mass is 16.2. The molecule has 1 aromatic carbocycles. The van der Waals surface area contributed by atoms with Crippen molar-refractivity contribution in [3.8, 4) is 0 Å². The predicted molar refractivity (Wildman–Crippen MR) is 191 cm³/mol. The Morgan fingerprint density at radius 1 is 0.878 bits per heavy atom. The summed E-state index contributed by atoms with van der Waals surface area (Å²) in [5, 5.41) is 0. The van der Waals surface area contributed by atoms with E-state index in [-0.39, 0.29) is 37.1 Å². The van der Waals surface area contributed by atoms with Crippen molar-refractivity contribution in [3.63, 3.8) is 0 Å². The molecule has 1 amide bonds. The summed E-state index contributed by atoms with van der Waals surface area (Å²) in [7, 11) is 0. The Bertz CT molecular complexity index is 1280. The van der Waals surface area contributed by atoms with Gasteiger partial charge in [-0.15, -0.1) is 0 Å². The Morgan fingerprint density at radius 2 is 1.51 bits per heavy atom. The summed E-state index contributed by atoms with van der Waals surface area (Å²) in [5.74, 6) is -3.18. The van der Waals surface area contributed by atoms with Gasteiger partial charge in [-0.2, -0.15) is 0 Å². The minimum atomic E-state index is -2.62. The average Bonchev–Trinajstić information content (AvgIpc) is 3.62. The van der Waals surface area contributed by atoms with E-state index in [2.05, 4.69) is 0 Å². The van der Waals surface area contributed by atoms with Gasteiger partial charge in [0.05, 0.1) is 18.1 Å². The SMILES string of the molecule is C[C@H](CC(=O)C(C(=O)[C@@H]1CCCN1C(=O)[C@@H](N)CCCCN)(C1CCCCC1)[C@](N)([C]=O)C(=O)[C@H](N)CC1CCCCC1)c1ccccc1. The van der Waals surface area contributed by atoms with Gasteiger partial charge in [0.1, 0.15) is 11.2 Å². The number of nitrogens with two attached hydrogens (primary N) is 4. The van der Waals surface area contributed by atoms with E-state index in [4.69, 9.17) is 22.9 Å². The van der Waals surface area contributed by atoms with Crippen LogP contribution < -0.4 is 22.9 Å². The molecule has 1 unspecified atom stereocenters. The van der Waals surface area contributed by atoms with E-state index in [9.17, 15) is 14.4 Å². The molecule has 271 valence electrons. The van der Waals surface area contributed by atoms with Crippen LogP contribution in [0.15, 0.2) is 30.3 Å². The third-order valence-corrected chi connectivity index (χ3v) is 11.9. The zero-order valence-corrected chi connectivity index (χ0v) is 29.6. The number of hydrogen-bond acceptors (Lipinski definition) is 9. The van der Waals surface area contributed by atoms with Crippen LogP contribution in [-0.2, 0) is 24.0 Å². The normalized spacial score (nSPS) is 23.5. The first kappa shape index (κ1) is 39.0. The van der Waals surface area contributed by atoms with Crippen molar-refractivity contribution in [2.75, 3.05) is 13.1 Å². The van der Waals surface area contributed by atoms with Gasteiger partial charge >= 0.3 is 0 Å². The molecule has 1 radical (unpaired) electrons. The number of ketones is 3. The molecular weight excluding hydrogens is 618 g/mol. The monoisotopic (exact) mass is 678 g/mol. The van der Waals surface area contributed by atoms with Crippen LogP contribution in [0.1, 0.15) is 128 Å². The van der Waals surface area contributed by atoms with Crippen molar-refractivity contribution in [1.82, 2.24) is 4.90 Å². The van der Waals surface area contributed by atoms with Crippen molar-refractivity contribution >= 4 is 29.5 Å². The van der Waals surface area contributed by atoms with Gasteiger partial charge in [-0.25, -0.2) is 0 Å². The number of unbranched alkanes of at least 4 members (excludes halogenated alkanes) is 1. The standard InChI is InChI=1S/C39H60N5O5/c1-27(29-16-7-3-8-17-29)24-34(46)39(30-18-9-4-10-19-30,38(43,26-45)35(47)32(42)25-28-14-5-2-6-15-28)36(48)33-21-13-23-44(33)37(49)31(41)20-11-12-22-40/h3,7-8,16-17,27-28,30-33H,2,4-6,9-15,18-25,40-43H2,1H3/t27-,31+,32-,33+,38+,39?/m1/s1. The van der Waals surface area contributed by atoms with Crippen LogP contribution in [0.25, 0.3) is 0 Å². The van der Waals surface area contributed by atoms with Crippen LogP contribution in [0.4, 0.5) is 0 Å². The molecule has 6 atom stereocenters. The summed E-state index contributed by atoms with van der Waals surface area (Å²) in [4.78, 5) is 74.2. The Morgan fingerprint density at radius 3 is 2.12 bits per heavy atom. The highest BCUT2D eigenvalue weighted by molar-refractivity contribution is 6.22. The molecule has 4 rings (SSSR count). The van der Waals surface area contributed by atoms with Gasteiger partial charge in [0.2, 0.25) is 12.2 Å². The molecule has 10 nitrogen and oxygen atoms in total. The summed E-state index contributed by atoms with van der Waals surface area (Å²) in [6.45, 7) is 2.66.